The van der Waals surface area contributed by atoms with Gasteiger partial charge in [0.25, 0.3) is 0 Å². The lowest BCUT2D eigenvalue weighted by Crippen LogP contribution is -1.97. The van der Waals surface area contributed by atoms with Crippen LogP contribution in [0.2, 0.25) is 0 Å². The van der Waals surface area contributed by atoms with E-state index < -0.39 is 0 Å². The van der Waals surface area contributed by atoms with Crippen molar-refractivity contribution in [2.24, 2.45) is 0 Å². The first-order chi connectivity index (χ1) is 15.1. The SMILES string of the molecule is CC(=O)c1c2nc(cc3ccc(cc4nc(cc5[nH]c1c1ccccc51)C=C4)[nH]3)C=C2. The van der Waals surface area contributed by atoms with Gasteiger partial charge in [-0.15, -0.1) is 0 Å². The third-order valence-electron chi connectivity index (χ3n) is 5.58. The first-order valence-corrected chi connectivity index (χ1v) is 10.1. The predicted molar refractivity (Wildman–Crippen MR) is 126 cm³/mol. The Morgan fingerprint density at radius 1 is 0.742 bits per heavy atom. The number of benzene rings is 1. The number of carbonyl (C=O) groups excluding carboxylic acids is 1. The minimum atomic E-state index is -0.0326. The van der Waals surface area contributed by atoms with E-state index in [1.165, 1.54) is 0 Å². The van der Waals surface area contributed by atoms with Crippen molar-refractivity contribution in [2.45, 2.75) is 6.92 Å². The molecule has 1 aromatic carbocycles. The highest BCUT2D eigenvalue weighted by molar-refractivity contribution is 6.16. The Bertz CT molecular complexity index is 1620. The van der Waals surface area contributed by atoms with Crippen molar-refractivity contribution in [3.05, 3.63) is 82.9 Å². The number of aromatic nitrogens is 4. The van der Waals surface area contributed by atoms with Gasteiger partial charge in [0, 0.05) is 27.3 Å². The van der Waals surface area contributed by atoms with Gasteiger partial charge >= 0.3 is 0 Å². The summed E-state index contributed by atoms with van der Waals surface area (Å²) in [7, 11) is 0. The van der Waals surface area contributed by atoms with E-state index in [-0.39, 0.29) is 5.78 Å². The Balaban J connectivity index is 1.84. The fourth-order valence-corrected chi connectivity index (χ4v) is 4.22. The topological polar surface area (TPSA) is 74.4 Å². The second-order valence-corrected chi connectivity index (χ2v) is 7.74. The van der Waals surface area contributed by atoms with Crippen molar-refractivity contribution in [3.8, 4) is 0 Å². The van der Waals surface area contributed by atoms with Gasteiger partial charge in [0.15, 0.2) is 5.78 Å². The molecule has 0 spiro atoms. The number of hydrogen-bond donors (Lipinski definition) is 2. The van der Waals surface area contributed by atoms with Crippen LogP contribution in [0.4, 0.5) is 0 Å². The molecule has 0 fully saturated rings. The zero-order valence-corrected chi connectivity index (χ0v) is 16.8. The molecule has 3 aromatic heterocycles. The van der Waals surface area contributed by atoms with Crippen LogP contribution in [0, 0.1) is 0 Å². The van der Waals surface area contributed by atoms with Crippen molar-refractivity contribution in [1.82, 2.24) is 19.9 Å². The largest absolute Gasteiger partial charge is 0.355 e. The van der Waals surface area contributed by atoms with Gasteiger partial charge in [-0.2, -0.15) is 0 Å². The molecule has 0 radical (unpaired) electrons. The van der Waals surface area contributed by atoms with Crippen molar-refractivity contribution in [2.75, 3.05) is 0 Å². The maximum Gasteiger partial charge on any atom is 0.164 e. The lowest BCUT2D eigenvalue weighted by atomic mass is 10.1. The van der Waals surface area contributed by atoms with Gasteiger partial charge in [-0.05, 0) is 61.6 Å². The van der Waals surface area contributed by atoms with Gasteiger partial charge < -0.3 is 9.97 Å². The fraction of sp³-hybridized carbons (Fsp3) is 0.0385. The molecule has 6 rings (SSSR count). The Labute approximate surface area is 177 Å². The van der Waals surface area contributed by atoms with Crippen LogP contribution in [0.3, 0.4) is 0 Å². The van der Waals surface area contributed by atoms with E-state index in [1.807, 2.05) is 72.8 Å². The average molecular weight is 402 g/mol. The van der Waals surface area contributed by atoms with Crippen LogP contribution in [0.5, 0.6) is 0 Å². The Hall–Kier alpha value is -4.25. The van der Waals surface area contributed by atoms with Gasteiger partial charge in [-0.25, -0.2) is 9.97 Å². The Morgan fingerprint density at radius 2 is 1.39 bits per heavy atom. The number of nitrogens with one attached hydrogen (secondary N) is 2. The summed E-state index contributed by atoms with van der Waals surface area (Å²) in [6, 6.07) is 18.1. The molecule has 2 aliphatic heterocycles. The van der Waals surface area contributed by atoms with E-state index in [2.05, 4.69) is 16.0 Å². The summed E-state index contributed by atoms with van der Waals surface area (Å²) in [5.74, 6) is -0.0326. The second-order valence-electron chi connectivity index (χ2n) is 7.74. The van der Waals surface area contributed by atoms with E-state index >= 15 is 0 Å². The molecule has 31 heavy (non-hydrogen) atoms. The van der Waals surface area contributed by atoms with Gasteiger partial charge in [-0.1, -0.05) is 24.3 Å². The molecule has 5 heterocycles. The molecule has 2 aliphatic rings. The summed E-state index contributed by atoms with van der Waals surface area (Å²) in [6.45, 7) is 1.59. The van der Waals surface area contributed by atoms with Gasteiger partial charge in [0.1, 0.15) is 0 Å². The van der Waals surface area contributed by atoms with Gasteiger partial charge in [-0.3, -0.25) is 4.79 Å². The summed E-state index contributed by atoms with van der Waals surface area (Å²) in [5, 5.41) is 2.03. The highest BCUT2D eigenvalue weighted by atomic mass is 16.1. The summed E-state index contributed by atoms with van der Waals surface area (Å²) in [5.41, 5.74) is 7.40. The molecule has 4 aromatic rings. The maximum atomic E-state index is 12.8. The van der Waals surface area contributed by atoms with Crippen LogP contribution in [0.1, 0.15) is 40.1 Å². The van der Waals surface area contributed by atoms with Crippen LogP contribution in [0.25, 0.3) is 57.1 Å². The number of ketones is 1. The minimum Gasteiger partial charge on any atom is -0.355 e. The van der Waals surface area contributed by atoms with Crippen molar-refractivity contribution >= 4 is 62.9 Å². The highest BCUT2D eigenvalue weighted by Gasteiger charge is 2.15. The lowest BCUT2D eigenvalue weighted by molar-refractivity contribution is 0.101. The molecule has 0 unspecified atom stereocenters. The van der Waals surface area contributed by atoms with Crippen LogP contribution < -0.4 is 0 Å². The minimum absolute atomic E-state index is 0.0326. The number of nitrogens with zero attached hydrogens (tertiary/aromatic N) is 2. The third kappa shape index (κ3) is 2.99. The van der Waals surface area contributed by atoms with Crippen LogP contribution in [-0.4, -0.2) is 25.7 Å². The molecule has 8 bridgehead atoms. The number of H-pyrrole nitrogens is 2. The van der Waals surface area contributed by atoms with E-state index in [4.69, 9.17) is 9.97 Å². The first kappa shape index (κ1) is 17.6. The number of fused-ring (bicyclic) bond motifs is 11. The smallest absolute Gasteiger partial charge is 0.164 e. The summed E-state index contributed by atoms with van der Waals surface area (Å²) >= 11 is 0. The maximum absolute atomic E-state index is 12.8. The third-order valence-corrected chi connectivity index (χ3v) is 5.58. The molecule has 5 heteroatoms. The highest BCUT2D eigenvalue weighted by Crippen LogP contribution is 2.29. The molecule has 0 atom stereocenters. The van der Waals surface area contributed by atoms with E-state index in [0.717, 1.165) is 49.9 Å². The van der Waals surface area contributed by atoms with Gasteiger partial charge in [0.05, 0.1) is 33.9 Å². The molecule has 5 nitrogen and oxygen atoms in total. The number of rotatable bonds is 1. The normalized spacial score (nSPS) is 12.5. The predicted octanol–water partition coefficient (Wildman–Crippen LogP) is 6.01. The monoisotopic (exact) mass is 402 g/mol. The first-order valence-electron chi connectivity index (χ1n) is 10.1. The lowest BCUT2D eigenvalue weighted by Gasteiger charge is -1.98. The standard InChI is InChI=1S/C26H18N4O/c1-15(31)25-23-11-10-19(29-23)13-18-7-6-16(27-18)12-17-8-9-20(28-17)14-24-21-4-2-3-5-22(21)26(25)30-24/h2-14,27,30H,1H3. The second kappa shape index (κ2) is 6.64. The Morgan fingerprint density at radius 3 is 2.13 bits per heavy atom. The number of Topliss-reactive ketones (excluding diaryl/α,β-unsaturated/α-hetero) is 1. The molecule has 0 aliphatic carbocycles. The van der Waals surface area contributed by atoms with Gasteiger partial charge in [0.2, 0.25) is 0 Å². The van der Waals surface area contributed by atoms with Crippen molar-refractivity contribution in [1.29, 1.82) is 0 Å². The molecule has 0 saturated heterocycles. The molecular weight excluding hydrogens is 384 g/mol. The number of carbonyl (C=O) groups is 1. The Kier molecular flexibility index (Phi) is 3.77. The summed E-state index contributed by atoms with van der Waals surface area (Å²) in [4.78, 5) is 29.1. The fourth-order valence-electron chi connectivity index (χ4n) is 4.22. The number of hydrogen-bond acceptors (Lipinski definition) is 3. The average Bonchev–Trinajstić information content (AvgIpc) is 3.53. The van der Waals surface area contributed by atoms with Crippen molar-refractivity contribution < 1.29 is 4.79 Å². The molecule has 2 N–H and O–H groups in total. The van der Waals surface area contributed by atoms with E-state index in [1.54, 1.807) is 6.92 Å². The van der Waals surface area contributed by atoms with Crippen LogP contribution in [-0.2, 0) is 0 Å². The van der Waals surface area contributed by atoms with E-state index in [0.29, 0.717) is 11.3 Å². The van der Waals surface area contributed by atoms with Crippen LogP contribution >= 0.6 is 0 Å². The molecular formula is C26H18N4O. The molecule has 0 amide bonds. The molecule has 148 valence electrons. The molecule has 0 saturated carbocycles. The summed E-state index contributed by atoms with van der Waals surface area (Å²) in [6.07, 6.45) is 7.83. The quantitative estimate of drug-likeness (QED) is 0.331. The van der Waals surface area contributed by atoms with Crippen molar-refractivity contribution in [3.63, 3.8) is 0 Å². The van der Waals surface area contributed by atoms with Crippen LogP contribution in [0.15, 0.2) is 54.6 Å². The zero-order chi connectivity index (χ0) is 20.9. The summed E-state index contributed by atoms with van der Waals surface area (Å²) < 4.78 is 0. The number of aromatic amines is 2. The zero-order valence-electron chi connectivity index (χ0n) is 16.8. The van der Waals surface area contributed by atoms with E-state index in [9.17, 15) is 4.79 Å².